The van der Waals surface area contributed by atoms with Crippen molar-refractivity contribution in [1.82, 2.24) is 5.32 Å². The van der Waals surface area contributed by atoms with Gasteiger partial charge in [0, 0.05) is 6.04 Å². The molecule has 2 unspecified atom stereocenters. The van der Waals surface area contributed by atoms with Crippen LogP contribution in [0, 0.1) is 5.92 Å². The van der Waals surface area contributed by atoms with Crippen molar-refractivity contribution in [3.05, 3.63) is 0 Å². The molecule has 19 heavy (non-hydrogen) atoms. The maximum Gasteiger partial charge on any atom is 0.237 e. The highest BCUT2D eigenvalue weighted by Gasteiger charge is 2.43. The van der Waals surface area contributed by atoms with E-state index in [1.54, 1.807) is 11.8 Å². The van der Waals surface area contributed by atoms with Crippen LogP contribution in [0.5, 0.6) is 0 Å². The number of amides is 2. The fourth-order valence-electron chi connectivity index (χ4n) is 2.72. The van der Waals surface area contributed by atoms with E-state index in [1.165, 1.54) is 0 Å². The molecule has 0 bridgehead atoms. The largest absolute Gasteiger partial charge is 0.368 e. The molecule has 2 atom stereocenters. The van der Waals surface area contributed by atoms with Crippen LogP contribution in [-0.4, -0.2) is 34.9 Å². The number of thioether (sulfide) groups is 1. The van der Waals surface area contributed by atoms with Crippen LogP contribution >= 0.6 is 11.8 Å². The lowest BCUT2D eigenvalue weighted by Crippen LogP contribution is -2.54. The van der Waals surface area contributed by atoms with Gasteiger partial charge in [-0.05, 0) is 43.8 Å². The first-order valence-electron chi connectivity index (χ1n) is 6.98. The lowest BCUT2D eigenvalue weighted by Gasteiger charge is -2.27. The van der Waals surface area contributed by atoms with Crippen molar-refractivity contribution in [3.63, 3.8) is 0 Å². The molecule has 2 saturated carbocycles. The minimum atomic E-state index is -0.823. The molecular weight excluding hydrogens is 262 g/mol. The van der Waals surface area contributed by atoms with Crippen molar-refractivity contribution in [2.45, 2.75) is 50.1 Å². The first kappa shape index (κ1) is 14.7. The molecule has 0 aromatic carbocycles. The monoisotopic (exact) mass is 285 g/mol. The fourth-order valence-corrected chi connectivity index (χ4v) is 3.58. The Bertz CT molecular complexity index is 360. The Morgan fingerprint density at radius 1 is 1.32 bits per heavy atom. The molecule has 0 aromatic heterocycles. The average Bonchev–Trinajstić information content (AvgIpc) is 3.07. The van der Waals surface area contributed by atoms with Crippen molar-refractivity contribution in [3.8, 4) is 0 Å². The first-order chi connectivity index (χ1) is 9.02. The summed E-state index contributed by atoms with van der Waals surface area (Å²) in [6.07, 6.45) is 5.73. The van der Waals surface area contributed by atoms with E-state index >= 15 is 0 Å². The third-order valence-corrected chi connectivity index (χ3v) is 5.11. The summed E-state index contributed by atoms with van der Waals surface area (Å²) in [5.41, 5.74) is 10.7. The number of carbonyl (C=O) groups is 2. The minimum absolute atomic E-state index is 0.118. The van der Waals surface area contributed by atoms with Crippen molar-refractivity contribution >= 4 is 23.6 Å². The Balaban J connectivity index is 1.64. The molecule has 0 aliphatic heterocycles. The van der Waals surface area contributed by atoms with Crippen molar-refractivity contribution in [2.75, 3.05) is 11.5 Å². The second-order valence-corrected chi connectivity index (χ2v) is 6.78. The zero-order valence-electron chi connectivity index (χ0n) is 11.2. The second kappa shape index (κ2) is 6.13. The van der Waals surface area contributed by atoms with Gasteiger partial charge < -0.3 is 16.8 Å². The van der Waals surface area contributed by atoms with Gasteiger partial charge in [0.15, 0.2) is 0 Å². The third-order valence-electron chi connectivity index (χ3n) is 4.12. The quantitative estimate of drug-likeness (QED) is 0.589. The van der Waals surface area contributed by atoms with E-state index in [1.807, 2.05) is 0 Å². The number of rotatable bonds is 7. The molecule has 2 aliphatic carbocycles. The highest BCUT2D eigenvalue weighted by molar-refractivity contribution is 7.99. The summed E-state index contributed by atoms with van der Waals surface area (Å²) in [6, 6.07) is 0.425. The molecular formula is C13H23N3O2S. The Morgan fingerprint density at radius 2 is 2.05 bits per heavy atom. The van der Waals surface area contributed by atoms with Crippen LogP contribution in [0.15, 0.2) is 0 Å². The molecule has 2 amide bonds. The third kappa shape index (κ3) is 3.86. The maximum absolute atomic E-state index is 11.5. The normalized spacial score (nSPS) is 30.3. The summed E-state index contributed by atoms with van der Waals surface area (Å²) < 4.78 is 0. The summed E-state index contributed by atoms with van der Waals surface area (Å²) in [7, 11) is 0. The van der Waals surface area contributed by atoms with Crippen LogP contribution in [0.2, 0.25) is 0 Å². The first-order valence-corrected chi connectivity index (χ1v) is 8.14. The second-order valence-electron chi connectivity index (χ2n) is 5.68. The van der Waals surface area contributed by atoms with Gasteiger partial charge in [-0.25, -0.2) is 0 Å². The molecule has 0 aromatic rings. The molecule has 5 N–H and O–H groups in total. The number of hydrogen-bond donors (Lipinski definition) is 3. The topological polar surface area (TPSA) is 98.2 Å². The molecule has 0 saturated heterocycles. The summed E-state index contributed by atoms with van der Waals surface area (Å²) in [5.74, 6) is 1.26. The van der Waals surface area contributed by atoms with Gasteiger partial charge >= 0.3 is 0 Å². The summed E-state index contributed by atoms with van der Waals surface area (Å²) in [6.45, 7) is 0. The van der Waals surface area contributed by atoms with Crippen LogP contribution in [-0.2, 0) is 9.59 Å². The SMILES string of the molecule is NC(=O)C1(N)CCCC1CCSCC(=O)NC1CC1. The summed E-state index contributed by atoms with van der Waals surface area (Å²) in [4.78, 5) is 22.9. The number of nitrogens with two attached hydrogens (primary N) is 2. The molecule has 5 nitrogen and oxygen atoms in total. The summed E-state index contributed by atoms with van der Waals surface area (Å²) in [5, 5.41) is 2.96. The fraction of sp³-hybridized carbons (Fsp3) is 0.846. The van der Waals surface area contributed by atoms with Crippen LogP contribution in [0.1, 0.15) is 38.5 Å². The standard InChI is InChI=1S/C13H23N3O2S/c14-12(18)13(15)6-1-2-9(13)5-7-19-8-11(17)16-10-3-4-10/h9-10H,1-8,15H2,(H2,14,18)(H,16,17). The van der Waals surface area contributed by atoms with E-state index in [0.717, 1.165) is 37.9 Å². The minimum Gasteiger partial charge on any atom is -0.368 e. The molecule has 0 radical (unpaired) electrons. The van der Waals surface area contributed by atoms with E-state index in [-0.39, 0.29) is 17.7 Å². The Morgan fingerprint density at radius 3 is 2.68 bits per heavy atom. The number of nitrogens with one attached hydrogen (secondary N) is 1. The predicted molar refractivity (Wildman–Crippen MR) is 76.6 cm³/mol. The molecule has 0 heterocycles. The molecule has 2 fully saturated rings. The van der Waals surface area contributed by atoms with Gasteiger partial charge in [-0.1, -0.05) is 6.42 Å². The molecule has 2 aliphatic rings. The van der Waals surface area contributed by atoms with Crippen LogP contribution in [0.3, 0.4) is 0 Å². The van der Waals surface area contributed by atoms with E-state index in [2.05, 4.69) is 5.32 Å². The van der Waals surface area contributed by atoms with Crippen LogP contribution in [0.4, 0.5) is 0 Å². The van der Waals surface area contributed by atoms with Gasteiger partial charge in [-0.2, -0.15) is 11.8 Å². The van der Waals surface area contributed by atoms with Gasteiger partial charge in [0.2, 0.25) is 11.8 Å². The van der Waals surface area contributed by atoms with Crippen LogP contribution in [0.25, 0.3) is 0 Å². The smallest absolute Gasteiger partial charge is 0.237 e. The lowest BCUT2D eigenvalue weighted by atomic mass is 9.85. The van der Waals surface area contributed by atoms with Crippen molar-refractivity contribution in [2.24, 2.45) is 17.4 Å². The van der Waals surface area contributed by atoms with E-state index in [4.69, 9.17) is 11.5 Å². The van der Waals surface area contributed by atoms with Crippen LogP contribution < -0.4 is 16.8 Å². The zero-order valence-corrected chi connectivity index (χ0v) is 12.0. The summed E-state index contributed by atoms with van der Waals surface area (Å²) >= 11 is 1.61. The number of hydrogen-bond acceptors (Lipinski definition) is 4. The molecule has 108 valence electrons. The van der Waals surface area contributed by atoms with Gasteiger partial charge in [-0.3, -0.25) is 9.59 Å². The lowest BCUT2D eigenvalue weighted by molar-refractivity contribution is -0.124. The van der Waals surface area contributed by atoms with Gasteiger partial charge in [0.1, 0.15) is 0 Å². The Hall–Kier alpha value is -0.750. The van der Waals surface area contributed by atoms with E-state index in [0.29, 0.717) is 18.2 Å². The Labute approximate surface area is 118 Å². The van der Waals surface area contributed by atoms with Gasteiger partial charge in [-0.15, -0.1) is 0 Å². The van der Waals surface area contributed by atoms with Gasteiger partial charge in [0.25, 0.3) is 0 Å². The highest BCUT2D eigenvalue weighted by atomic mass is 32.2. The molecule has 2 rings (SSSR count). The highest BCUT2D eigenvalue weighted by Crippen LogP contribution is 2.36. The average molecular weight is 285 g/mol. The zero-order chi connectivity index (χ0) is 13.9. The van der Waals surface area contributed by atoms with Crippen molar-refractivity contribution in [1.29, 1.82) is 0 Å². The molecule has 0 spiro atoms. The Kier molecular flexibility index (Phi) is 4.73. The number of primary amides is 1. The van der Waals surface area contributed by atoms with E-state index in [9.17, 15) is 9.59 Å². The predicted octanol–water partition coefficient (Wildman–Crippen LogP) is 0.371. The maximum atomic E-state index is 11.5. The molecule has 6 heteroatoms. The van der Waals surface area contributed by atoms with Gasteiger partial charge in [0.05, 0.1) is 11.3 Å². The van der Waals surface area contributed by atoms with E-state index < -0.39 is 5.54 Å². The number of carbonyl (C=O) groups excluding carboxylic acids is 2. The van der Waals surface area contributed by atoms with Crippen molar-refractivity contribution < 1.29 is 9.59 Å².